The van der Waals surface area contributed by atoms with Crippen molar-refractivity contribution < 1.29 is 19.2 Å². The number of hydrogen-bond acceptors (Lipinski definition) is 5. The van der Waals surface area contributed by atoms with Crippen LogP contribution in [0.2, 0.25) is 0 Å². The molecule has 0 radical (unpaired) electrons. The molecule has 8 nitrogen and oxygen atoms in total. The van der Waals surface area contributed by atoms with Gasteiger partial charge in [0.25, 0.3) is 17.5 Å². The Balaban J connectivity index is 1.94. The summed E-state index contributed by atoms with van der Waals surface area (Å²) in [6.45, 7) is 3.96. The molecule has 136 valence electrons. The topological polar surface area (TPSA) is 111 Å². The lowest BCUT2D eigenvalue weighted by molar-refractivity contribution is -0.384. The molecule has 0 aliphatic rings. The highest BCUT2D eigenvalue weighted by Crippen LogP contribution is 2.15. The molecule has 26 heavy (non-hydrogen) atoms. The van der Waals surface area contributed by atoms with E-state index < -0.39 is 16.7 Å². The first kappa shape index (κ1) is 18.9. The van der Waals surface area contributed by atoms with Gasteiger partial charge in [-0.25, -0.2) is 0 Å². The lowest BCUT2D eigenvalue weighted by Gasteiger charge is -2.13. The van der Waals surface area contributed by atoms with E-state index in [4.69, 9.17) is 4.74 Å². The van der Waals surface area contributed by atoms with Crippen LogP contribution in [0.25, 0.3) is 0 Å². The van der Waals surface area contributed by atoms with Gasteiger partial charge in [-0.15, -0.1) is 0 Å². The predicted octanol–water partition coefficient (Wildman–Crippen LogP) is 2.85. The van der Waals surface area contributed by atoms with Crippen molar-refractivity contribution in [3.05, 3.63) is 69.8 Å². The normalized spacial score (nSPS) is 11.3. The van der Waals surface area contributed by atoms with Crippen molar-refractivity contribution in [2.45, 2.75) is 26.4 Å². The minimum atomic E-state index is -0.654. The van der Waals surface area contributed by atoms with E-state index in [1.807, 2.05) is 13.8 Å². The zero-order valence-electron chi connectivity index (χ0n) is 14.4. The van der Waals surface area contributed by atoms with Gasteiger partial charge in [-0.1, -0.05) is 13.0 Å². The maximum absolute atomic E-state index is 12.1. The van der Waals surface area contributed by atoms with Gasteiger partial charge < -0.3 is 4.74 Å². The number of non-ortho nitro benzene ring substituents is 1. The van der Waals surface area contributed by atoms with E-state index in [1.165, 1.54) is 18.2 Å². The second-order valence-electron chi connectivity index (χ2n) is 5.58. The Morgan fingerprint density at radius 3 is 2.27 bits per heavy atom. The Morgan fingerprint density at radius 2 is 1.69 bits per heavy atom. The molecule has 1 unspecified atom stereocenters. The SMILES string of the molecule is CCC(C)Oc1ccc(C(=O)NNC(=O)c2cccc([N+](=O)[O-])c2)cc1. The Bertz CT molecular complexity index is 805. The molecule has 0 aliphatic heterocycles. The summed E-state index contributed by atoms with van der Waals surface area (Å²) >= 11 is 0. The summed E-state index contributed by atoms with van der Waals surface area (Å²) in [5.41, 5.74) is 4.69. The molecule has 2 N–H and O–H groups in total. The van der Waals surface area contributed by atoms with Gasteiger partial charge in [0.2, 0.25) is 0 Å². The second-order valence-corrected chi connectivity index (χ2v) is 5.58. The van der Waals surface area contributed by atoms with E-state index in [2.05, 4.69) is 10.9 Å². The van der Waals surface area contributed by atoms with Gasteiger partial charge in [-0.2, -0.15) is 0 Å². The van der Waals surface area contributed by atoms with Crippen LogP contribution >= 0.6 is 0 Å². The third-order valence-electron chi connectivity index (χ3n) is 3.64. The van der Waals surface area contributed by atoms with Crippen LogP contribution in [-0.2, 0) is 0 Å². The number of ether oxygens (including phenoxy) is 1. The number of carbonyl (C=O) groups is 2. The molecule has 0 spiro atoms. The minimum Gasteiger partial charge on any atom is -0.491 e. The first-order valence-corrected chi connectivity index (χ1v) is 8.02. The second kappa shape index (κ2) is 8.61. The average Bonchev–Trinajstić information content (AvgIpc) is 2.66. The molecule has 1 atom stereocenters. The molecular formula is C18H19N3O5. The molecule has 0 aromatic heterocycles. The van der Waals surface area contributed by atoms with Gasteiger partial charge in [0.15, 0.2) is 0 Å². The molecule has 2 rings (SSSR count). The number of hydrazine groups is 1. The quantitative estimate of drug-likeness (QED) is 0.610. The lowest BCUT2D eigenvalue weighted by Crippen LogP contribution is -2.41. The van der Waals surface area contributed by atoms with Gasteiger partial charge in [0.05, 0.1) is 11.0 Å². The van der Waals surface area contributed by atoms with Gasteiger partial charge in [0, 0.05) is 23.3 Å². The smallest absolute Gasteiger partial charge is 0.270 e. The van der Waals surface area contributed by atoms with Crippen LogP contribution in [0.1, 0.15) is 41.0 Å². The maximum Gasteiger partial charge on any atom is 0.270 e. The van der Waals surface area contributed by atoms with Crippen LogP contribution in [-0.4, -0.2) is 22.8 Å². The van der Waals surface area contributed by atoms with Crippen molar-refractivity contribution in [2.75, 3.05) is 0 Å². The Morgan fingerprint density at radius 1 is 1.08 bits per heavy atom. The van der Waals surface area contributed by atoms with Crippen LogP contribution in [0.15, 0.2) is 48.5 Å². The maximum atomic E-state index is 12.1. The molecular weight excluding hydrogens is 338 g/mol. The van der Waals surface area contributed by atoms with Crippen molar-refractivity contribution in [2.24, 2.45) is 0 Å². The number of nitro benzene ring substituents is 1. The molecule has 0 heterocycles. The van der Waals surface area contributed by atoms with Crippen molar-refractivity contribution >= 4 is 17.5 Å². The summed E-state index contributed by atoms with van der Waals surface area (Å²) in [7, 11) is 0. The predicted molar refractivity (Wildman–Crippen MR) is 94.9 cm³/mol. The Hall–Kier alpha value is -3.42. The van der Waals surface area contributed by atoms with E-state index in [9.17, 15) is 19.7 Å². The molecule has 0 aliphatic carbocycles. The van der Waals surface area contributed by atoms with Crippen molar-refractivity contribution in [3.63, 3.8) is 0 Å². The zero-order chi connectivity index (χ0) is 19.1. The number of carbonyl (C=O) groups excluding carboxylic acids is 2. The molecule has 0 saturated carbocycles. The zero-order valence-corrected chi connectivity index (χ0v) is 14.4. The summed E-state index contributed by atoms with van der Waals surface area (Å²) in [5, 5.41) is 10.7. The molecule has 2 amide bonds. The van der Waals surface area contributed by atoms with Crippen molar-refractivity contribution in [1.29, 1.82) is 0 Å². The largest absolute Gasteiger partial charge is 0.491 e. The van der Waals surface area contributed by atoms with Gasteiger partial charge in [-0.05, 0) is 43.7 Å². The van der Waals surface area contributed by atoms with Gasteiger partial charge >= 0.3 is 0 Å². The van der Waals surface area contributed by atoms with Gasteiger partial charge in [-0.3, -0.25) is 30.6 Å². The molecule has 0 saturated heterocycles. The number of benzene rings is 2. The number of rotatable bonds is 6. The van der Waals surface area contributed by atoms with Crippen LogP contribution in [0.3, 0.4) is 0 Å². The van der Waals surface area contributed by atoms with Crippen molar-refractivity contribution in [3.8, 4) is 5.75 Å². The fourth-order valence-electron chi connectivity index (χ4n) is 2.02. The highest BCUT2D eigenvalue weighted by atomic mass is 16.6. The monoisotopic (exact) mass is 357 g/mol. The van der Waals surface area contributed by atoms with Crippen LogP contribution < -0.4 is 15.6 Å². The fraction of sp³-hybridized carbons (Fsp3) is 0.222. The summed E-state index contributed by atoms with van der Waals surface area (Å²) in [5.74, 6) is -0.519. The molecule has 0 fully saturated rings. The van der Waals surface area contributed by atoms with Crippen LogP contribution in [0.5, 0.6) is 5.75 Å². The van der Waals surface area contributed by atoms with E-state index in [-0.39, 0.29) is 17.4 Å². The number of hydrogen-bond donors (Lipinski definition) is 2. The van der Waals surface area contributed by atoms with E-state index in [1.54, 1.807) is 24.3 Å². The molecule has 8 heteroatoms. The Labute approximate surface area is 150 Å². The highest BCUT2D eigenvalue weighted by molar-refractivity contribution is 5.99. The summed E-state index contributed by atoms with van der Waals surface area (Å²) in [6, 6.07) is 11.7. The van der Waals surface area contributed by atoms with Crippen LogP contribution in [0.4, 0.5) is 5.69 Å². The first-order chi connectivity index (χ1) is 12.4. The minimum absolute atomic E-state index is 0.0665. The summed E-state index contributed by atoms with van der Waals surface area (Å²) in [4.78, 5) is 34.2. The van der Waals surface area contributed by atoms with E-state index in [0.29, 0.717) is 11.3 Å². The van der Waals surface area contributed by atoms with Crippen molar-refractivity contribution in [1.82, 2.24) is 10.9 Å². The highest BCUT2D eigenvalue weighted by Gasteiger charge is 2.13. The number of nitrogens with zero attached hydrogens (tertiary/aromatic N) is 1. The Kier molecular flexibility index (Phi) is 6.26. The standard InChI is InChI=1S/C18H19N3O5/c1-3-12(2)26-16-9-7-13(8-10-16)17(22)19-20-18(23)14-5-4-6-15(11-14)21(24)25/h4-12H,3H2,1-2H3,(H,19,22)(H,20,23). The van der Waals surface area contributed by atoms with E-state index in [0.717, 1.165) is 12.5 Å². The first-order valence-electron chi connectivity index (χ1n) is 8.02. The summed E-state index contributed by atoms with van der Waals surface area (Å²) < 4.78 is 5.63. The number of nitrogens with one attached hydrogen (secondary N) is 2. The molecule has 2 aromatic rings. The van der Waals surface area contributed by atoms with Gasteiger partial charge in [0.1, 0.15) is 5.75 Å². The molecule has 0 bridgehead atoms. The average molecular weight is 357 g/mol. The third-order valence-corrected chi connectivity index (χ3v) is 3.64. The number of nitro groups is 1. The lowest BCUT2D eigenvalue weighted by atomic mass is 10.2. The third kappa shape index (κ3) is 5.04. The molecule has 2 aromatic carbocycles. The fourth-order valence-corrected chi connectivity index (χ4v) is 2.02. The van der Waals surface area contributed by atoms with Crippen LogP contribution in [0, 0.1) is 10.1 Å². The number of amides is 2. The van der Waals surface area contributed by atoms with E-state index >= 15 is 0 Å². The summed E-state index contributed by atoms with van der Waals surface area (Å²) in [6.07, 6.45) is 0.940.